The average Bonchev–Trinajstić information content (AvgIpc) is 2.50. The molecule has 8 heteroatoms. The van der Waals surface area contributed by atoms with Crippen LogP contribution in [0.25, 0.3) is 0 Å². The molecule has 126 valence electrons. The van der Waals surface area contributed by atoms with Gasteiger partial charge in [-0.2, -0.15) is 13.2 Å². The quantitative estimate of drug-likeness (QED) is 0.852. The molecule has 1 aromatic heterocycles. The highest BCUT2D eigenvalue weighted by molar-refractivity contribution is 5.79. The van der Waals surface area contributed by atoms with Gasteiger partial charge in [0.15, 0.2) is 0 Å². The van der Waals surface area contributed by atoms with Crippen LogP contribution in [-0.4, -0.2) is 48.2 Å². The molecule has 2 aliphatic heterocycles. The second-order valence-corrected chi connectivity index (χ2v) is 5.72. The van der Waals surface area contributed by atoms with E-state index in [1.54, 1.807) is 4.90 Å². The molecule has 0 aromatic carbocycles. The molecular weight excluding hydrogens is 313 g/mol. The number of carbonyl (C=O) groups excluding carboxylic acids is 1. The second kappa shape index (κ2) is 6.35. The van der Waals surface area contributed by atoms with Crippen LogP contribution < -0.4 is 4.74 Å². The van der Waals surface area contributed by atoms with Crippen LogP contribution in [0.3, 0.4) is 0 Å². The number of ether oxygens (including phenoxy) is 2. The number of pyridine rings is 1. The molecular formula is C15H17F3N2O3. The van der Waals surface area contributed by atoms with E-state index in [0.717, 1.165) is 6.07 Å². The Labute approximate surface area is 131 Å². The van der Waals surface area contributed by atoms with Gasteiger partial charge in [-0.3, -0.25) is 4.79 Å². The number of amides is 1. The Bertz CT molecular complexity index is 567. The van der Waals surface area contributed by atoms with E-state index in [0.29, 0.717) is 39.1 Å². The third kappa shape index (κ3) is 3.57. The lowest BCUT2D eigenvalue weighted by atomic mass is 9.96. The highest BCUT2D eigenvalue weighted by Gasteiger charge is 2.39. The van der Waals surface area contributed by atoms with Crippen molar-refractivity contribution in [3.05, 3.63) is 23.9 Å². The number of halogens is 3. The van der Waals surface area contributed by atoms with E-state index < -0.39 is 23.7 Å². The van der Waals surface area contributed by atoms with Crippen LogP contribution in [0.1, 0.15) is 18.4 Å². The molecule has 2 aliphatic rings. The molecule has 0 radical (unpaired) electrons. The fraction of sp³-hybridized carbons (Fsp3) is 0.600. The van der Waals surface area contributed by atoms with Gasteiger partial charge in [-0.25, -0.2) is 4.98 Å². The van der Waals surface area contributed by atoms with Gasteiger partial charge in [0.05, 0.1) is 13.1 Å². The number of nitrogens with zero attached hydrogens (tertiary/aromatic N) is 2. The largest absolute Gasteiger partial charge is 0.470 e. The molecule has 0 spiro atoms. The average molecular weight is 330 g/mol. The van der Waals surface area contributed by atoms with Crippen molar-refractivity contribution in [3.8, 4) is 5.88 Å². The molecule has 1 amide bonds. The number of likely N-dealkylation sites (tertiary alicyclic amines) is 1. The fourth-order valence-electron chi connectivity index (χ4n) is 2.75. The molecule has 1 aromatic rings. The first-order chi connectivity index (χ1) is 10.9. The van der Waals surface area contributed by atoms with E-state index >= 15 is 0 Å². The molecule has 0 aliphatic carbocycles. The lowest BCUT2D eigenvalue weighted by Gasteiger charge is -2.41. The minimum absolute atomic E-state index is 0.0326. The highest BCUT2D eigenvalue weighted by Crippen LogP contribution is 2.35. The first-order valence-electron chi connectivity index (χ1n) is 7.50. The lowest BCUT2D eigenvalue weighted by Crippen LogP contribution is -2.58. The monoisotopic (exact) mass is 330 g/mol. The van der Waals surface area contributed by atoms with Crippen molar-refractivity contribution in [2.75, 3.05) is 26.3 Å². The number of rotatable bonds is 3. The molecule has 0 saturated carbocycles. The molecule has 0 unspecified atom stereocenters. The van der Waals surface area contributed by atoms with Crippen molar-refractivity contribution >= 4 is 5.91 Å². The predicted molar refractivity (Wildman–Crippen MR) is 73.8 cm³/mol. The summed E-state index contributed by atoms with van der Waals surface area (Å²) in [5, 5.41) is 0. The van der Waals surface area contributed by atoms with Crippen LogP contribution >= 0.6 is 0 Å². The summed E-state index contributed by atoms with van der Waals surface area (Å²) in [7, 11) is 0. The summed E-state index contributed by atoms with van der Waals surface area (Å²) < 4.78 is 49.2. The van der Waals surface area contributed by atoms with Gasteiger partial charge in [0.25, 0.3) is 0 Å². The molecule has 0 bridgehead atoms. The van der Waals surface area contributed by atoms with Gasteiger partial charge in [0, 0.05) is 25.3 Å². The minimum atomic E-state index is -4.51. The van der Waals surface area contributed by atoms with Gasteiger partial charge in [0.1, 0.15) is 11.7 Å². The van der Waals surface area contributed by atoms with Crippen molar-refractivity contribution in [1.82, 2.24) is 9.88 Å². The molecule has 3 rings (SSSR count). The maximum absolute atomic E-state index is 12.9. The molecule has 2 fully saturated rings. The van der Waals surface area contributed by atoms with Gasteiger partial charge in [-0.05, 0) is 25.0 Å². The molecule has 3 heterocycles. The summed E-state index contributed by atoms with van der Waals surface area (Å²) in [6.07, 6.45) is -2.31. The number of hydrogen-bond donors (Lipinski definition) is 0. The molecule has 2 saturated heterocycles. The smallest absolute Gasteiger partial charge is 0.421 e. The van der Waals surface area contributed by atoms with Gasteiger partial charge in [-0.1, -0.05) is 0 Å². The van der Waals surface area contributed by atoms with Gasteiger partial charge < -0.3 is 14.4 Å². The van der Waals surface area contributed by atoms with Crippen molar-refractivity contribution in [3.63, 3.8) is 0 Å². The van der Waals surface area contributed by atoms with Crippen LogP contribution in [0.5, 0.6) is 5.88 Å². The van der Waals surface area contributed by atoms with E-state index in [-0.39, 0.29) is 11.8 Å². The van der Waals surface area contributed by atoms with Crippen LogP contribution in [0, 0.1) is 5.92 Å². The Morgan fingerprint density at radius 2 is 2.00 bits per heavy atom. The SMILES string of the molecule is O=C(C1CCOCC1)N1CC(Oc2ncccc2C(F)(F)F)C1. The summed E-state index contributed by atoms with van der Waals surface area (Å²) in [5.74, 6) is -0.446. The number of hydrogen-bond acceptors (Lipinski definition) is 4. The first-order valence-corrected chi connectivity index (χ1v) is 7.50. The van der Waals surface area contributed by atoms with Gasteiger partial charge in [-0.15, -0.1) is 0 Å². The van der Waals surface area contributed by atoms with Crippen LogP contribution in [0.4, 0.5) is 13.2 Å². The van der Waals surface area contributed by atoms with Crippen molar-refractivity contribution < 1.29 is 27.4 Å². The lowest BCUT2D eigenvalue weighted by molar-refractivity contribution is -0.150. The standard InChI is InChI=1S/C15H17F3N2O3/c16-15(17,18)12-2-1-5-19-13(12)23-11-8-20(9-11)14(21)10-3-6-22-7-4-10/h1-2,5,10-11H,3-4,6-9H2. The minimum Gasteiger partial charge on any atom is -0.470 e. The molecule has 23 heavy (non-hydrogen) atoms. The topological polar surface area (TPSA) is 51.7 Å². The summed E-state index contributed by atoms with van der Waals surface area (Å²) in [6, 6.07) is 2.16. The summed E-state index contributed by atoms with van der Waals surface area (Å²) in [4.78, 5) is 17.5. The molecule has 0 atom stereocenters. The fourth-order valence-corrected chi connectivity index (χ4v) is 2.75. The van der Waals surface area contributed by atoms with Gasteiger partial charge in [0.2, 0.25) is 11.8 Å². The van der Waals surface area contributed by atoms with E-state index in [9.17, 15) is 18.0 Å². The summed E-state index contributed by atoms with van der Waals surface area (Å²) in [5.41, 5.74) is -0.894. The molecule has 5 nitrogen and oxygen atoms in total. The van der Waals surface area contributed by atoms with Crippen LogP contribution in [-0.2, 0) is 15.7 Å². The zero-order valence-electron chi connectivity index (χ0n) is 12.4. The Balaban J connectivity index is 1.55. The third-order valence-electron chi connectivity index (χ3n) is 4.09. The van der Waals surface area contributed by atoms with E-state index in [1.807, 2.05) is 0 Å². The van der Waals surface area contributed by atoms with Crippen molar-refractivity contribution in [2.24, 2.45) is 5.92 Å². The van der Waals surface area contributed by atoms with Crippen LogP contribution in [0.15, 0.2) is 18.3 Å². The summed E-state index contributed by atoms with van der Waals surface area (Å²) in [6.45, 7) is 1.74. The highest BCUT2D eigenvalue weighted by atomic mass is 19.4. The number of carbonyl (C=O) groups is 1. The maximum atomic E-state index is 12.9. The Morgan fingerprint density at radius 1 is 1.30 bits per heavy atom. The zero-order valence-corrected chi connectivity index (χ0v) is 12.4. The number of aromatic nitrogens is 1. The number of alkyl halides is 3. The predicted octanol–water partition coefficient (Wildman–Crippen LogP) is 2.12. The van der Waals surface area contributed by atoms with E-state index in [4.69, 9.17) is 9.47 Å². The third-order valence-corrected chi connectivity index (χ3v) is 4.09. The van der Waals surface area contributed by atoms with E-state index in [1.165, 1.54) is 12.3 Å². The van der Waals surface area contributed by atoms with Gasteiger partial charge >= 0.3 is 6.18 Å². The normalized spacial score (nSPS) is 20.2. The second-order valence-electron chi connectivity index (χ2n) is 5.72. The Hall–Kier alpha value is -1.83. The maximum Gasteiger partial charge on any atom is 0.421 e. The summed E-state index contributed by atoms with van der Waals surface area (Å²) >= 11 is 0. The zero-order chi connectivity index (χ0) is 16.4. The Kier molecular flexibility index (Phi) is 4.43. The van der Waals surface area contributed by atoms with E-state index in [2.05, 4.69) is 4.98 Å². The first kappa shape index (κ1) is 16.0. The van der Waals surface area contributed by atoms with Crippen LogP contribution in [0.2, 0.25) is 0 Å². The Morgan fingerprint density at radius 3 is 2.65 bits per heavy atom. The molecule has 0 N–H and O–H groups in total. The van der Waals surface area contributed by atoms with Crippen molar-refractivity contribution in [1.29, 1.82) is 0 Å². The van der Waals surface area contributed by atoms with Crippen molar-refractivity contribution in [2.45, 2.75) is 25.1 Å².